The Morgan fingerprint density at radius 1 is 1.00 bits per heavy atom. The Morgan fingerprint density at radius 2 is 1.82 bits per heavy atom. The highest BCUT2D eigenvalue weighted by Gasteiger charge is 2.17. The third-order valence-electron chi connectivity index (χ3n) is 3.23. The lowest BCUT2D eigenvalue weighted by Gasteiger charge is -2.31. The molecule has 0 spiro atoms. The van der Waals surface area contributed by atoms with Crippen molar-refractivity contribution in [2.24, 2.45) is 0 Å². The van der Waals surface area contributed by atoms with E-state index < -0.39 is 0 Å². The number of rotatable bonds is 1. The first-order valence-electron chi connectivity index (χ1n) is 5.95. The first-order chi connectivity index (χ1) is 8.34. The number of aryl methyl sites for hydroxylation is 1. The Balaban J connectivity index is 2.08. The number of halogens is 1. The Morgan fingerprint density at radius 3 is 2.65 bits per heavy atom. The molecule has 17 heavy (non-hydrogen) atoms. The van der Waals surface area contributed by atoms with Gasteiger partial charge in [0.15, 0.2) is 0 Å². The maximum Gasteiger partial charge on any atom is 0.0453 e. The van der Waals surface area contributed by atoms with Gasteiger partial charge in [-0.25, -0.2) is 0 Å². The van der Waals surface area contributed by atoms with Gasteiger partial charge in [-0.2, -0.15) is 0 Å². The molecule has 0 bridgehead atoms. The average Bonchev–Trinajstić information content (AvgIpc) is 2.39. The molecule has 3 rings (SSSR count). The van der Waals surface area contributed by atoms with Crippen LogP contribution in [0.15, 0.2) is 48.5 Å². The molecule has 0 atom stereocenters. The third kappa shape index (κ3) is 2.18. The summed E-state index contributed by atoms with van der Waals surface area (Å²) in [5, 5.41) is 0. The van der Waals surface area contributed by atoms with Crippen molar-refractivity contribution >= 4 is 34.0 Å². The molecule has 0 unspecified atom stereocenters. The molecule has 0 fully saturated rings. The predicted octanol–water partition coefficient (Wildman–Crippen LogP) is 4.38. The average molecular weight is 335 g/mol. The van der Waals surface area contributed by atoms with Crippen molar-refractivity contribution in [3.05, 3.63) is 57.7 Å². The van der Waals surface area contributed by atoms with Gasteiger partial charge in [-0.1, -0.05) is 24.3 Å². The smallest absolute Gasteiger partial charge is 0.0453 e. The summed E-state index contributed by atoms with van der Waals surface area (Å²) in [6, 6.07) is 17.4. The molecule has 0 aromatic heterocycles. The molecule has 1 nitrogen and oxygen atoms in total. The number of hydrogen-bond donors (Lipinski definition) is 0. The minimum Gasteiger partial charge on any atom is -0.341 e. The number of nitrogens with zero attached hydrogens (tertiary/aromatic N) is 1. The van der Waals surface area contributed by atoms with E-state index in [2.05, 4.69) is 76.0 Å². The van der Waals surface area contributed by atoms with Crippen LogP contribution < -0.4 is 4.90 Å². The highest BCUT2D eigenvalue weighted by Crippen LogP contribution is 2.34. The SMILES string of the molecule is Ic1ccc2c(c1)N(c1ccccc1)CCC2. The van der Waals surface area contributed by atoms with Crippen LogP contribution in [0.2, 0.25) is 0 Å². The molecule has 0 saturated heterocycles. The van der Waals surface area contributed by atoms with Crippen LogP contribution in [0.3, 0.4) is 0 Å². The summed E-state index contributed by atoms with van der Waals surface area (Å²) in [5.74, 6) is 0. The summed E-state index contributed by atoms with van der Waals surface area (Å²) in [6.45, 7) is 1.12. The maximum atomic E-state index is 2.43. The first kappa shape index (κ1) is 11.1. The van der Waals surface area contributed by atoms with E-state index in [1.54, 1.807) is 0 Å². The highest BCUT2D eigenvalue weighted by atomic mass is 127. The van der Waals surface area contributed by atoms with Crippen molar-refractivity contribution in [2.45, 2.75) is 12.8 Å². The van der Waals surface area contributed by atoms with Gasteiger partial charge >= 0.3 is 0 Å². The highest BCUT2D eigenvalue weighted by molar-refractivity contribution is 14.1. The molecule has 1 heterocycles. The summed E-state index contributed by atoms with van der Waals surface area (Å²) in [5.41, 5.74) is 4.16. The van der Waals surface area contributed by atoms with Gasteiger partial charge in [0.05, 0.1) is 0 Å². The molecule has 0 saturated carbocycles. The maximum absolute atomic E-state index is 2.43. The molecule has 2 aromatic carbocycles. The van der Waals surface area contributed by atoms with Gasteiger partial charge in [0.1, 0.15) is 0 Å². The molecule has 1 aliphatic heterocycles. The fourth-order valence-corrected chi connectivity index (χ4v) is 2.90. The topological polar surface area (TPSA) is 3.24 Å². The molecule has 0 aliphatic carbocycles. The molecule has 2 heteroatoms. The van der Waals surface area contributed by atoms with Crippen molar-refractivity contribution in [3.63, 3.8) is 0 Å². The van der Waals surface area contributed by atoms with Gasteiger partial charge in [0, 0.05) is 21.5 Å². The van der Waals surface area contributed by atoms with E-state index in [4.69, 9.17) is 0 Å². The van der Waals surface area contributed by atoms with Crippen LogP contribution in [-0.2, 0) is 6.42 Å². The summed E-state index contributed by atoms with van der Waals surface area (Å²) in [7, 11) is 0. The minimum absolute atomic E-state index is 1.12. The standard InChI is InChI=1S/C15H14IN/c16-13-9-8-12-5-4-10-17(15(12)11-13)14-6-2-1-3-7-14/h1-3,6-9,11H,4-5,10H2. The molecule has 2 aromatic rings. The van der Waals surface area contributed by atoms with E-state index in [1.165, 1.54) is 33.4 Å². The van der Waals surface area contributed by atoms with Crippen molar-refractivity contribution in [1.82, 2.24) is 0 Å². The fourth-order valence-electron chi connectivity index (χ4n) is 2.42. The lowest BCUT2D eigenvalue weighted by atomic mass is 10.0. The third-order valence-corrected chi connectivity index (χ3v) is 3.90. The zero-order valence-corrected chi connectivity index (χ0v) is 11.7. The summed E-state index contributed by atoms with van der Waals surface area (Å²) in [6.07, 6.45) is 2.44. The van der Waals surface area contributed by atoms with Crippen molar-refractivity contribution < 1.29 is 0 Å². The van der Waals surface area contributed by atoms with E-state index in [0.717, 1.165) is 6.54 Å². The van der Waals surface area contributed by atoms with Gasteiger partial charge < -0.3 is 4.90 Å². The molecular formula is C15H14IN. The van der Waals surface area contributed by atoms with Gasteiger partial charge in [0.2, 0.25) is 0 Å². The quantitative estimate of drug-likeness (QED) is 0.700. The molecule has 86 valence electrons. The van der Waals surface area contributed by atoms with Crippen LogP contribution in [0.5, 0.6) is 0 Å². The summed E-state index contributed by atoms with van der Waals surface area (Å²) < 4.78 is 1.31. The molecule has 0 N–H and O–H groups in total. The van der Waals surface area contributed by atoms with Crippen LogP contribution >= 0.6 is 22.6 Å². The van der Waals surface area contributed by atoms with Crippen LogP contribution in [-0.4, -0.2) is 6.54 Å². The van der Waals surface area contributed by atoms with E-state index in [0.29, 0.717) is 0 Å². The predicted molar refractivity (Wildman–Crippen MR) is 80.9 cm³/mol. The normalized spacial score (nSPS) is 14.5. The van der Waals surface area contributed by atoms with Gasteiger partial charge in [-0.15, -0.1) is 0 Å². The number of hydrogen-bond acceptors (Lipinski definition) is 1. The lowest BCUT2D eigenvalue weighted by Crippen LogP contribution is -2.24. The fraction of sp³-hybridized carbons (Fsp3) is 0.200. The van der Waals surface area contributed by atoms with Crippen LogP contribution in [0.4, 0.5) is 11.4 Å². The second-order valence-corrected chi connectivity index (χ2v) is 5.61. The summed E-state index contributed by atoms with van der Waals surface area (Å²) in [4.78, 5) is 2.43. The van der Waals surface area contributed by atoms with Crippen LogP contribution in [0.1, 0.15) is 12.0 Å². The van der Waals surface area contributed by atoms with E-state index >= 15 is 0 Å². The largest absolute Gasteiger partial charge is 0.341 e. The Kier molecular flexibility index (Phi) is 3.05. The monoisotopic (exact) mass is 335 g/mol. The van der Waals surface area contributed by atoms with Gasteiger partial charge in [-0.05, 0) is 65.3 Å². The van der Waals surface area contributed by atoms with Gasteiger partial charge in [-0.3, -0.25) is 0 Å². The van der Waals surface area contributed by atoms with Gasteiger partial charge in [0.25, 0.3) is 0 Å². The van der Waals surface area contributed by atoms with Crippen molar-refractivity contribution in [3.8, 4) is 0 Å². The Bertz CT molecular complexity index is 522. The second-order valence-electron chi connectivity index (χ2n) is 4.36. The van der Waals surface area contributed by atoms with Crippen LogP contribution in [0, 0.1) is 3.57 Å². The molecule has 1 aliphatic rings. The number of fused-ring (bicyclic) bond motifs is 1. The number of para-hydroxylation sites is 1. The first-order valence-corrected chi connectivity index (χ1v) is 7.03. The van der Waals surface area contributed by atoms with Crippen molar-refractivity contribution in [2.75, 3.05) is 11.4 Å². The van der Waals surface area contributed by atoms with E-state index in [-0.39, 0.29) is 0 Å². The molecule has 0 radical (unpaired) electrons. The lowest BCUT2D eigenvalue weighted by molar-refractivity contribution is 0.766. The minimum atomic E-state index is 1.12. The molecule has 0 amide bonds. The summed E-state index contributed by atoms with van der Waals surface area (Å²) >= 11 is 2.39. The van der Waals surface area contributed by atoms with Crippen molar-refractivity contribution in [1.29, 1.82) is 0 Å². The Labute approximate surface area is 116 Å². The second kappa shape index (κ2) is 4.69. The Hall–Kier alpha value is -1.03. The van der Waals surface area contributed by atoms with E-state index in [1.807, 2.05) is 0 Å². The number of anilines is 2. The van der Waals surface area contributed by atoms with Crippen LogP contribution in [0.25, 0.3) is 0 Å². The van der Waals surface area contributed by atoms with E-state index in [9.17, 15) is 0 Å². The zero-order chi connectivity index (χ0) is 11.7. The number of benzene rings is 2. The zero-order valence-electron chi connectivity index (χ0n) is 9.57. The molecular weight excluding hydrogens is 321 g/mol.